The van der Waals surface area contributed by atoms with E-state index in [1.54, 1.807) is 0 Å². The summed E-state index contributed by atoms with van der Waals surface area (Å²) in [5, 5.41) is 17.3. The molecule has 1 aliphatic rings. The largest absolute Gasteiger partial charge is 0.481 e. The molecule has 1 N–H and O–H groups in total. The van der Waals surface area contributed by atoms with Gasteiger partial charge in [-0.25, -0.2) is 13.5 Å². The predicted octanol–water partition coefficient (Wildman–Crippen LogP) is 6.03. The molecule has 0 atom stereocenters. The molecule has 1 amide bonds. The predicted molar refractivity (Wildman–Crippen MR) is 158 cm³/mol. The fourth-order valence-corrected chi connectivity index (χ4v) is 6.07. The highest BCUT2D eigenvalue weighted by atomic mass is 28.3. The number of amides is 1. The van der Waals surface area contributed by atoms with Gasteiger partial charge in [-0.05, 0) is 55.5 Å². The molecule has 0 saturated heterocycles. The van der Waals surface area contributed by atoms with E-state index in [1.807, 2.05) is 0 Å². The number of carboxylic acid groups (broad SMARTS) is 1. The number of carboxylic acids is 1. The van der Waals surface area contributed by atoms with Gasteiger partial charge in [-0.1, -0.05) is 19.6 Å². The van der Waals surface area contributed by atoms with Crippen LogP contribution in [0, 0.1) is 17.6 Å². The lowest BCUT2D eigenvalue weighted by atomic mass is 9.86. The fourth-order valence-electron chi connectivity index (χ4n) is 5.31. The number of nitrogens with zero attached hydrogens (tertiary/aromatic N) is 5. The van der Waals surface area contributed by atoms with Gasteiger partial charge in [-0.15, -0.1) is 0 Å². The van der Waals surface area contributed by atoms with Gasteiger partial charge in [-0.3, -0.25) is 19.1 Å². The third-order valence-corrected chi connectivity index (χ3v) is 9.45. The number of carbonyl (C=O) groups is 3. The summed E-state index contributed by atoms with van der Waals surface area (Å²) in [5.41, 5.74) is -2.37. The molecule has 0 spiro atoms. The van der Waals surface area contributed by atoms with E-state index in [1.165, 1.54) is 16.9 Å². The Labute approximate surface area is 263 Å². The van der Waals surface area contributed by atoms with E-state index in [0.29, 0.717) is 17.4 Å². The summed E-state index contributed by atoms with van der Waals surface area (Å²) < 4.78 is 79.1. The highest BCUT2D eigenvalue weighted by Gasteiger charge is 2.43. The van der Waals surface area contributed by atoms with Crippen molar-refractivity contribution in [1.29, 1.82) is 0 Å². The molecule has 1 aromatic carbocycles. The van der Waals surface area contributed by atoms with Gasteiger partial charge < -0.3 is 14.7 Å². The minimum Gasteiger partial charge on any atom is -0.481 e. The minimum absolute atomic E-state index is 0.0610. The summed E-state index contributed by atoms with van der Waals surface area (Å²) in [6.07, 6.45) is -2.31. The molecular weight excluding hydrogens is 633 g/mol. The molecule has 0 radical (unpaired) electrons. The highest BCUT2D eigenvalue weighted by molar-refractivity contribution is 6.76. The monoisotopic (exact) mass is 669 g/mol. The molecule has 10 nitrogen and oxygen atoms in total. The quantitative estimate of drug-likeness (QED) is 0.102. The number of ketones is 1. The molecule has 0 aliphatic heterocycles. The van der Waals surface area contributed by atoms with Crippen molar-refractivity contribution in [2.45, 2.75) is 76.9 Å². The first-order chi connectivity index (χ1) is 21.5. The van der Waals surface area contributed by atoms with Crippen LogP contribution < -0.4 is 0 Å². The van der Waals surface area contributed by atoms with Gasteiger partial charge in [0.2, 0.25) is 5.78 Å². The molecule has 4 rings (SSSR count). The zero-order chi connectivity index (χ0) is 33.8. The summed E-state index contributed by atoms with van der Waals surface area (Å²) in [7, 11) is -1.33. The van der Waals surface area contributed by atoms with Crippen molar-refractivity contribution >= 4 is 25.7 Å². The van der Waals surface area contributed by atoms with Crippen LogP contribution in [-0.4, -0.2) is 68.5 Å². The third kappa shape index (κ3) is 9.08. The second-order valence-corrected chi connectivity index (χ2v) is 18.3. The molecule has 250 valence electrons. The maximum Gasteiger partial charge on any atom is 0.433 e. The molecule has 3 aromatic rings. The SMILES string of the molecule is C[Si](C)(C)CCOCn1ccc(C(=O)CN(Cc2cc(F)cc(F)c2)C(=O)c2cnn([C@H]3CC[C@H](C(=O)O)CC3)c2C(F)(F)F)n1. The number of halogens is 5. The van der Waals surface area contributed by atoms with Crippen LogP contribution in [0.15, 0.2) is 36.7 Å². The smallest absolute Gasteiger partial charge is 0.433 e. The van der Waals surface area contributed by atoms with Crippen molar-refractivity contribution in [3.63, 3.8) is 0 Å². The highest BCUT2D eigenvalue weighted by Crippen LogP contribution is 2.39. The summed E-state index contributed by atoms with van der Waals surface area (Å²) in [6, 6.07) is 3.91. The van der Waals surface area contributed by atoms with Gasteiger partial charge in [0.25, 0.3) is 5.91 Å². The van der Waals surface area contributed by atoms with Crippen LogP contribution in [0.3, 0.4) is 0 Å². The number of hydrogen-bond acceptors (Lipinski definition) is 6. The molecule has 2 aromatic heterocycles. The third-order valence-electron chi connectivity index (χ3n) is 7.75. The van der Waals surface area contributed by atoms with E-state index in [9.17, 15) is 41.4 Å². The average molecular weight is 670 g/mol. The van der Waals surface area contributed by atoms with Crippen LogP contribution in [-0.2, 0) is 29.0 Å². The normalized spacial score (nSPS) is 17.2. The zero-order valence-electron chi connectivity index (χ0n) is 25.7. The van der Waals surface area contributed by atoms with Crippen LogP contribution in [0.25, 0.3) is 0 Å². The van der Waals surface area contributed by atoms with E-state index in [0.717, 1.165) is 29.3 Å². The van der Waals surface area contributed by atoms with Gasteiger partial charge >= 0.3 is 12.1 Å². The number of Topliss-reactive ketones (excluding diaryl/α,β-unsaturated/α-hetero) is 1. The zero-order valence-corrected chi connectivity index (χ0v) is 26.7. The lowest BCUT2D eigenvalue weighted by Gasteiger charge is -2.28. The molecule has 1 aliphatic carbocycles. The Kier molecular flexibility index (Phi) is 10.8. The number of aliphatic carboxylic acids is 1. The minimum atomic E-state index is -5.04. The second kappa shape index (κ2) is 14.2. The molecular formula is C30H36F5N5O5Si. The Morgan fingerprint density at radius 2 is 1.72 bits per heavy atom. The number of carbonyl (C=O) groups excluding carboxylic acids is 2. The number of rotatable bonds is 13. The number of hydrogen-bond donors (Lipinski definition) is 1. The topological polar surface area (TPSA) is 120 Å². The lowest BCUT2D eigenvalue weighted by molar-refractivity contribution is -0.147. The average Bonchev–Trinajstić information content (AvgIpc) is 3.62. The van der Waals surface area contributed by atoms with Crippen LogP contribution in [0.4, 0.5) is 22.0 Å². The first-order valence-corrected chi connectivity index (χ1v) is 18.5. The molecule has 2 heterocycles. The molecule has 1 fully saturated rings. The van der Waals surface area contributed by atoms with Crippen molar-refractivity contribution in [3.8, 4) is 0 Å². The van der Waals surface area contributed by atoms with Gasteiger partial charge in [0.1, 0.15) is 24.1 Å². The number of alkyl halides is 3. The maximum atomic E-state index is 14.5. The van der Waals surface area contributed by atoms with Crippen LogP contribution in [0.5, 0.6) is 0 Å². The van der Waals surface area contributed by atoms with E-state index < -0.39 is 79.9 Å². The Morgan fingerprint density at radius 3 is 2.30 bits per heavy atom. The molecule has 46 heavy (non-hydrogen) atoms. The first-order valence-electron chi connectivity index (χ1n) is 14.8. The van der Waals surface area contributed by atoms with E-state index in [2.05, 4.69) is 29.8 Å². The van der Waals surface area contributed by atoms with E-state index in [4.69, 9.17) is 4.74 Å². The molecule has 16 heteroatoms. The Bertz CT molecular complexity index is 1540. The summed E-state index contributed by atoms with van der Waals surface area (Å²) in [4.78, 5) is 39.1. The van der Waals surface area contributed by atoms with Crippen molar-refractivity contribution in [2.24, 2.45) is 5.92 Å². The van der Waals surface area contributed by atoms with Crippen LogP contribution in [0.1, 0.15) is 63.8 Å². The summed E-state index contributed by atoms with van der Waals surface area (Å²) in [6.45, 7) is 5.81. The standard InChI is InChI=1S/C30H36F5N5O5Si/c1-46(2,3)11-10-45-18-39-9-8-25(37-39)26(41)17-38(16-19-12-21(31)14-22(32)13-19)28(42)24-15-36-40(27(24)30(33,34)35)23-6-4-20(5-7-23)29(43)44/h8-9,12-15,20,23H,4-7,10-11,16-18H2,1-3H3,(H,43,44)/t20-,23-. The maximum absolute atomic E-state index is 14.5. The van der Waals surface area contributed by atoms with Gasteiger partial charge in [0.05, 0.1) is 30.3 Å². The second-order valence-electron chi connectivity index (χ2n) is 12.6. The Hall–Kier alpha value is -3.92. The fraction of sp³-hybridized carbons (Fsp3) is 0.500. The summed E-state index contributed by atoms with van der Waals surface area (Å²) >= 11 is 0. The molecule has 0 bridgehead atoms. The van der Waals surface area contributed by atoms with Crippen LogP contribution in [0.2, 0.25) is 25.7 Å². The number of aromatic nitrogens is 4. The Morgan fingerprint density at radius 1 is 1.07 bits per heavy atom. The van der Waals surface area contributed by atoms with E-state index >= 15 is 0 Å². The van der Waals surface area contributed by atoms with Gasteiger partial charge in [0.15, 0.2) is 5.69 Å². The number of benzene rings is 1. The molecule has 0 unspecified atom stereocenters. The van der Waals surface area contributed by atoms with Crippen molar-refractivity contribution < 1.29 is 46.2 Å². The number of ether oxygens (including phenoxy) is 1. The van der Waals surface area contributed by atoms with E-state index in [-0.39, 0.29) is 43.7 Å². The Balaban J connectivity index is 1.60. The van der Waals surface area contributed by atoms with Gasteiger partial charge in [0, 0.05) is 33.5 Å². The van der Waals surface area contributed by atoms with Crippen LogP contribution >= 0.6 is 0 Å². The first kappa shape index (κ1) is 34.9. The van der Waals surface area contributed by atoms with Crippen molar-refractivity contribution in [3.05, 3.63) is 70.8 Å². The van der Waals surface area contributed by atoms with Gasteiger partial charge in [-0.2, -0.15) is 23.4 Å². The van der Waals surface area contributed by atoms with Crippen molar-refractivity contribution in [1.82, 2.24) is 24.5 Å². The lowest BCUT2D eigenvalue weighted by Crippen LogP contribution is -2.37. The van der Waals surface area contributed by atoms with Crippen molar-refractivity contribution in [2.75, 3.05) is 13.2 Å². The summed E-state index contributed by atoms with van der Waals surface area (Å²) in [5.74, 6) is -5.61. The molecule has 1 saturated carbocycles.